The maximum absolute atomic E-state index is 5.54. The lowest BCUT2D eigenvalue weighted by Crippen LogP contribution is -2.45. The highest BCUT2D eigenvalue weighted by atomic mass is 16.5. The summed E-state index contributed by atoms with van der Waals surface area (Å²) in [7, 11) is 3.44. The summed E-state index contributed by atoms with van der Waals surface area (Å²) in [5, 5.41) is 2.49. The maximum Gasteiger partial charge on any atom is 0.126 e. The van der Waals surface area contributed by atoms with E-state index in [1.165, 1.54) is 21.9 Å². The molecule has 30 heavy (non-hydrogen) atoms. The molecule has 1 aliphatic rings. The maximum atomic E-state index is 5.54. The normalized spacial score (nSPS) is 15.7. The molecule has 0 unspecified atom stereocenters. The van der Waals surface area contributed by atoms with Crippen LogP contribution in [-0.2, 0) is 6.54 Å². The van der Waals surface area contributed by atoms with Crippen LogP contribution in [0.2, 0.25) is 0 Å². The number of piperazine rings is 1. The number of methoxy groups -OCH3 is 2. The van der Waals surface area contributed by atoms with E-state index in [9.17, 15) is 0 Å². The molecular weight excluding hydrogens is 372 g/mol. The minimum Gasteiger partial charge on any atom is -0.497 e. The third-order valence-corrected chi connectivity index (χ3v) is 5.82. The molecule has 0 amide bonds. The molecule has 0 spiro atoms. The molecule has 1 heterocycles. The molecule has 4 heteroatoms. The average Bonchev–Trinajstić information content (AvgIpc) is 2.80. The van der Waals surface area contributed by atoms with Crippen LogP contribution in [0, 0.1) is 0 Å². The zero-order valence-electron chi connectivity index (χ0n) is 17.9. The van der Waals surface area contributed by atoms with Gasteiger partial charge in [-0.25, -0.2) is 0 Å². The molecule has 1 aliphatic heterocycles. The highest BCUT2D eigenvalue weighted by Gasteiger charge is 2.17. The summed E-state index contributed by atoms with van der Waals surface area (Å²) in [4.78, 5) is 5.07. The Bertz CT molecular complexity index is 1010. The van der Waals surface area contributed by atoms with Crippen molar-refractivity contribution in [3.63, 3.8) is 0 Å². The lowest BCUT2D eigenvalue weighted by atomic mass is 10.0. The third-order valence-electron chi connectivity index (χ3n) is 5.82. The Morgan fingerprint density at radius 3 is 2.33 bits per heavy atom. The van der Waals surface area contributed by atoms with Crippen LogP contribution in [0.5, 0.6) is 11.5 Å². The molecular formula is C26H30N2O2. The fourth-order valence-corrected chi connectivity index (χ4v) is 4.10. The molecule has 0 saturated carbocycles. The van der Waals surface area contributed by atoms with E-state index in [1.807, 2.05) is 12.1 Å². The zero-order chi connectivity index (χ0) is 20.8. The molecule has 0 radical (unpaired) electrons. The van der Waals surface area contributed by atoms with Crippen molar-refractivity contribution in [2.75, 3.05) is 46.9 Å². The van der Waals surface area contributed by atoms with Crippen molar-refractivity contribution in [2.45, 2.75) is 6.54 Å². The predicted octanol–water partition coefficient (Wildman–Crippen LogP) is 4.69. The Labute approximate surface area is 179 Å². The van der Waals surface area contributed by atoms with Crippen molar-refractivity contribution in [3.05, 3.63) is 77.9 Å². The van der Waals surface area contributed by atoms with Crippen molar-refractivity contribution >= 4 is 16.8 Å². The summed E-state index contributed by atoms with van der Waals surface area (Å²) in [6.07, 6.45) is 4.43. The SMILES string of the molecule is COc1cccc(C=CCN2CCN(Cc3ccc(OC)c4ccccc34)CC2)c1. The topological polar surface area (TPSA) is 24.9 Å². The van der Waals surface area contributed by atoms with E-state index in [2.05, 4.69) is 70.5 Å². The summed E-state index contributed by atoms with van der Waals surface area (Å²) < 4.78 is 10.8. The summed E-state index contributed by atoms with van der Waals surface area (Å²) >= 11 is 0. The molecule has 1 fully saturated rings. The number of fused-ring (bicyclic) bond motifs is 1. The molecule has 0 aliphatic carbocycles. The average molecular weight is 403 g/mol. The molecule has 0 N–H and O–H groups in total. The van der Waals surface area contributed by atoms with Crippen LogP contribution in [-0.4, -0.2) is 56.7 Å². The summed E-state index contributed by atoms with van der Waals surface area (Å²) in [6, 6.07) is 21.0. The van der Waals surface area contributed by atoms with Crippen molar-refractivity contribution in [1.29, 1.82) is 0 Å². The van der Waals surface area contributed by atoms with Gasteiger partial charge in [0.1, 0.15) is 11.5 Å². The number of rotatable bonds is 7. The van der Waals surface area contributed by atoms with Gasteiger partial charge in [-0.2, -0.15) is 0 Å². The quantitative estimate of drug-likeness (QED) is 0.573. The van der Waals surface area contributed by atoms with E-state index < -0.39 is 0 Å². The largest absolute Gasteiger partial charge is 0.497 e. The van der Waals surface area contributed by atoms with E-state index in [1.54, 1.807) is 14.2 Å². The van der Waals surface area contributed by atoms with Crippen LogP contribution in [0.3, 0.4) is 0 Å². The van der Waals surface area contributed by atoms with E-state index >= 15 is 0 Å². The van der Waals surface area contributed by atoms with Crippen molar-refractivity contribution in [2.24, 2.45) is 0 Å². The Kier molecular flexibility index (Phi) is 6.67. The van der Waals surface area contributed by atoms with Gasteiger partial charge >= 0.3 is 0 Å². The zero-order valence-corrected chi connectivity index (χ0v) is 17.9. The van der Waals surface area contributed by atoms with Crippen molar-refractivity contribution < 1.29 is 9.47 Å². The summed E-state index contributed by atoms with van der Waals surface area (Å²) in [5.74, 6) is 1.85. The fraction of sp³-hybridized carbons (Fsp3) is 0.308. The van der Waals surface area contributed by atoms with Crippen molar-refractivity contribution in [3.8, 4) is 11.5 Å². The van der Waals surface area contributed by atoms with Gasteiger partial charge in [-0.15, -0.1) is 0 Å². The van der Waals surface area contributed by atoms with Gasteiger partial charge in [-0.05, 0) is 34.7 Å². The molecule has 0 atom stereocenters. The van der Waals surface area contributed by atoms with Crippen LogP contribution in [0.1, 0.15) is 11.1 Å². The second-order valence-corrected chi connectivity index (χ2v) is 7.73. The molecule has 4 nitrogen and oxygen atoms in total. The van der Waals surface area contributed by atoms with Crippen LogP contribution in [0.15, 0.2) is 66.7 Å². The van der Waals surface area contributed by atoms with Crippen LogP contribution < -0.4 is 9.47 Å². The lowest BCUT2D eigenvalue weighted by molar-refractivity contribution is 0.137. The van der Waals surface area contributed by atoms with Crippen LogP contribution in [0.4, 0.5) is 0 Å². The molecule has 4 rings (SSSR count). The van der Waals surface area contributed by atoms with Crippen LogP contribution >= 0.6 is 0 Å². The first-order valence-corrected chi connectivity index (χ1v) is 10.6. The van der Waals surface area contributed by atoms with E-state index in [-0.39, 0.29) is 0 Å². The van der Waals surface area contributed by atoms with E-state index in [0.29, 0.717) is 0 Å². The van der Waals surface area contributed by atoms with Gasteiger partial charge in [-0.1, -0.05) is 54.6 Å². The monoisotopic (exact) mass is 402 g/mol. The molecule has 3 aromatic rings. The smallest absolute Gasteiger partial charge is 0.126 e. The Morgan fingerprint density at radius 2 is 1.57 bits per heavy atom. The fourth-order valence-electron chi connectivity index (χ4n) is 4.10. The van der Waals surface area contributed by atoms with E-state index in [4.69, 9.17) is 9.47 Å². The van der Waals surface area contributed by atoms with E-state index in [0.717, 1.165) is 50.8 Å². The Morgan fingerprint density at radius 1 is 0.800 bits per heavy atom. The number of benzene rings is 3. The minimum atomic E-state index is 0.900. The van der Waals surface area contributed by atoms with Gasteiger partial charge in [-0.3, -0.25) is 9.80 Å². The molecule has 0 bridgehead atoms. The lowest BCUT2D eigenvalue weighted by Gasteiger charge is -2.34. The Hall–Kier alpha value is -2.82. The predicted molar refractivity (Wildman–Crippen MR) is 124 cm³/mol. The van der Waals surface area contributed by atoms with Gasteiger partial charge < -0.3 is 9.47 Å². The third kappa shape index (κ3) is 4.84. The van der Waals surface area contributed by atoms with Gasteiger partial charge in [0.05, 0.1) is 14.2 Å². The number of ether oxygens (including phenoxy) is 2. The van der Waals surface area contributed by atoms with Crippen LogP contribution in [0.25, 0.3) is 16.8 Å². The molecule has 156 valence electrons. The highest BCUT2D eigenvalue weighted by Crippen LogP contribution is 2.29. The van der Waals surface area contributed by atoms with Crippen molar-refractivity contribution in [1.82, 2.24) is 9.80 Å². The van der Waals surface area contributed by atoms with Gasteiger partial charge in [0.25, 0.3) is 0 Å². The minimum absolute atomic E-state index is 0.900. The standard InChI is InChI=1S/C26H30N2O2/c1-29-23-9-5-7-21(19-23)8-6-14-27-15-17-28(18-16-27)20-22-12-13-26(30-2)25-11-4-3-10-24(22)25/h3-13,19H,14-18,20H2,1-2H3. The van der Waals surface area contributed by atoms with Gasteiger partial charge in [0.15, 0.2) is 0 Å². The number of hydrogen-bond donors (Lipinski definition) is 0. The number of nitrogens with zero attached hydrogens (tertiary/aromatic N) is 2. The second-order valence-electron chi connectivity index (χ2n) is 7.73. The summed E-state index contributed by atoms with van der Waals surface area (Å²) in [6.45, 7) is 6.34. The first-order chi connectivity index (χ1) is 14.8. The first kappa shape index (κ1) is 20.5. The molecule has 1 saturated heterocycles. The van der Waals surface area contributed by atoms with Gasteiger partial charge in [0, 0.05) is 44.7 Å². The number of hydrogen-bond acceptors (Lipinski definition) is 4. The molecule has 0 aromatic heterocycles. The second kappa shape index (κ2) is 9.79. The first-order valence-electron chi connectivity index (χ1n) is 10.6. The molecule has 3 aromatic carbocycles. The van der Waals surface area contributed by atoms with Gasteiger partial charge in [0.2, 0.25) is 0 Å². The highest BCUT2D eigenvalue weighted by molar-refractivity contribution is 5.91. The Balaban J connectivity index is 1.32. The summed E-state index contributed by atoms with van der Waals surface area (Å²) in [5.41, 5.74) is 2.55.